The van der Waals surface area contributed by atoms with Crippen LogP contribution in [-0.4, -0.2) is 47.2 Å². The van der Waals surface area contributed by atoms with Gasteiger partial charge in [-0.3, -0.25) is 14.5 Å². The zero-order chi connectivity index (χ0) is 22.9. The summed E-state index contributed by atoms with van der Waals surface area (Å²) in [4.78, 5) is 38.4. The standard InChI is InChI=1S/C24H24N2O4S2/c1-30-23(29)19-11-9-18(10-12-19)16-20-22(28)26(24(31)32-20)15-5-8-21(27)25-14-13-17-6-3-2-4-7-17/h2-4,6-7,9-12,16H,5,8,13-15H2,1H3,(H,25,27)/b20-16-. The number of methoxy groups -OCH3 is 1. The van der Waals surface area contributed by atoms with Gasteiger partial charge in [0.25, 0.3) is 5.91 Å². The molecule has 1 saturated heterocycles. The van der Waals surface area contributed by atoms with Gasteiger partial charge in [0.15, 0.2) is 0 Å². The minimum atomic E-state index is -0.410. The van der Waals surface area contributed by atoms with Gasteiger partial charge < -0.3 is 10.1 Å². The lowest BCUT2D eigenvalue weighted by atomic mass is 10.1. The van der Waals surface area contributed by atoms with Gasteiger partial charge in [0, 0.05) is 19.5 Å². The van der Waals surface area contributed by atoms with Crippen LogP contribution in [0.15, 0.2) is 59.5 Å². The Kier molecular flexibility index (Phi) is 8.58. The fraction of sp³-hybridized carbons (Fsp3) is 0.250. The van der Waals surface area contributed by atoms with Crippen molar-refractivity contribution in [2.75, 3.05) is 20.2 Å². The van der Waals surface area contributed by atoms with Crippen molar-refractivity contribution in [3.05, 3.63) is 76.2 Å². The molecule has 1 aliphatic rings. The van der Waals surface area contributed by atoms with E-state index in [9.17, 15) is 14.4 Å². The van der Waals surface area contributed by atoms with Crippen molar-refractivity contribution in [2.24, 2.45) is 0 Å². The maximum Gasteiger partial charge on any atom is 0.337 e. The second kappa shape index (κ2) is 11.6. The molecule has 0 aliphatic carbocycles. The van der Waals surface area contributed by atoms with Crippen LogP contribution in [0.5, 0.6) is 0 Å². The SMILES string of the molecule is COC(=O)c1ccc(/C=C2\SC(=S)N(CCCC(=O)NCCc3ccccc3)C2=O)cc1. The van der Waals surface area contributed by atoms with Gasteiger partial charge in [-0.1, -0.05) is 66.4 Å². The first kappa shape index (κ1) is 23.7. The molecule has 0 atom stereocenters. The number of carbonyl (C=O) groups excluding carboxylic acids is 3. The minimum absolute atomic E-state index is 0.0346. The molecule has 2 amide bonds. The summed E-state index contributed by atoms with van der Waals surface area (Å²) in [6.45, 7) is 0.983. The molecule has 166 valence electrons. The van der Waals surface area contributed by atoms with Crippen LogP contribution < -0.4 is 5.32 Å². The monoisotopic (exact) mass is 468 g/mol. The Morgan fingerprint density at radius 1 is 1.12 bits per heavy atom. The summed E-state index contributed by atoms with van der Waals surface area (Å²) in [5.41, 5.74) is 2.41. The topological polar surface area (TPSA) is 75.7 Å². The van der Waals surface area contributed by atoms with Crippen LogP contribution >= 0.6 is 24.0 Å². The first-order valence-corrected chi connectivity index (χ1v) is 11.4. The third-order valence-corrected chi connectivity index (χ3v) is 6.25. The molecule has 0 saturated carbocycles. The lowest BCUT2D eigenvalue weighted by Crippen LogP contribution is -2.31. The van der Waals surface area contributed by atoms with Crippen LogP contribution in [-0.2, 0) is 20.7 Å². The van der Waals surface area contributed by atoms with Crippen LogP contribution in [0.2, 0.25) is 0 Å². The summed E-state index contributed by atoms with van der Waals surface area (Å²) in [7, 11) is 1.33. The Balaban J connectivity index is 1.45. The van der Waals surface area contributed by atoms with E-state index in [2.05, 4.69) is 10.1 Å². The highest BCUT2D eigenvalue weighted by Crippen LogP contribution is 2.32. The average molecular weight is 469 g/mol. The number of esters is 1. The highest BCUT2D eigenvalue weighted by molar-refractivity contribution is 8.26. The van der Waals surface area contributed by atoms with Crippen LogP contribution in [0.3, 0.4) is 0 Å². The van der Waals surface area contributed by atoms with Crippen LogP contribution in [0.25, 0.3) is 6.08 Å². The molecule has 32 heavy (non-hydrogen) atoms. The van der Waals surface area contributed by atoms with Gasteiger partial charge in [-0.25, -0.2) is 4.79 Å². The van der Waals surface area contributed by atoms with E-state index in [1.165, 1.54) is 29.3 Å². The van der Waals surface area contributed by atoms with Crippen molar-refractivity contribution in [2.45, 2.75) is 19.3 Å². The van der Waals surface area contributed by atoms with E-state index < -0.39 is 5.97 Å². The summed E-state index contributed by atoms with van der Waals surface area (Å²) in [5.74, 6) is -0.610. The Morgan fingerprint density at radius 3 is 2.53 bits per heavy atom. The van der Waals surface area contributed by atoms with E-state index in [1.54, 1.807) is 30.3 Å². The highest BCUT2D eigenvalue weighted by Gasteiger charge is 2.31. The number of hydrogen-bond donors (Lipinski definition) is 1. The Labute approximate surface area is 197 Å². The number of ether oxygens (including phenoxy) is 1. The molecule has 0 spiro atoms. The van der Waals surface area contributed by atoms with E-state index in [4.69, 9.17) is 12.2 Å². The van der Waals surface area contributed by atoms with Crippen molar-refractivity contribution in [1.29, 1.82) is 0 Å². The van der Waals surface area contributed by atoms with Gasteiger partial charge in [-0.15, -0.1) is 0 Å². The quantitative estimate of drug-likeness (QED) is 0.343. The van der Waals surface area contributed by atoms with Gasteiger partial charge in [0.1, 0.15) is 4.32 Å². The Hall–Kier alpha value is -2.97. The molecule has 0 aromatic heterocycles. The van der Waals surface area contributed by atoms with Crippen molar-refractivity contribution in [3.63, 3.8) is 0 Å². The number of nitrogens with one attached hydrogen (secondary N) is 1. The fourth-order valence-electron chi connectivity index (χ4n) is 3.15. The van der Waals surface area contributed by atoms with E-state index in [-0.39, 0.29) is 11.8 Å². The first-order chi connectivity index (χ1) is 15.5. The van der Waals surface area contributed by atoms with Crippen molar-refractivity contribution in [3.8, 4) is 0 Å². The maximum atomic E-state index is 12.7. The van der Waals surface area contributed by atoms with Gasteiger partial charge >= 0.3 is 5.97 Å². The molecule has 1 heterocycles. The molecular formula is C24H24N2O4S2. The number of benzene rings is 2. The molecule has 2 aromatic rings. The molecule has 1 N–H and O–H groups in total. The number of nitrogens with zero attached hydrogens (tertiary/aromatic N) is 1. The molecule has 1 aliphatic heterocycles. The summed E-state index contributed by atoms with van der Waals surface area (Å²) in [6.07, 6.45) is 3.40. The number of hydrogen-bond acceptors (Lipinski definition) is 6. The van der Waals surface area contributed by atoms with Crippen molar-refractivity contribution >= 4 is 52.2 Å². The summed E-state index contributed by atoms with van der Waals surface area (Å²) >= 11 is 6.59. The largest absolute Gasteiger partial charge is 0.465 e. The Morgan fingerprint density at radius 2 is 1.84 bits per heavy atom. The number of carbonyl (C=O) groups is 3. The number of rotatable bonds is 9. The highest BCUT2D eigenvalue weighted by atomic mass is 32.2. The number of thiocarbonyl (C=S) groups is 1. The maximum absolute atomic E-state index is 12.7. The van der Waals surface area contributed by atoms with Crippen LogP contribution in [0, 0.1) is 0 Å². The first-order valence-electron chi connectivity index (χ1n) is 10.2. The van der Waals surface area contributed by atoms with Crippen molar-refractivity contribution in [1.82, 2.24) is 10.2 Å². The van der Waals surface area contributed by atoms with E-state index in [0.29, 0.717) is 40.7 Å². The third kappa shape index (κ3) is 6.51. The van der Waals surface area contributed by atoms with Crippen LogP contribution in [0.4, 0.5) is 0 Å². The molecule has 0 bridgehead atoms. The normalized spacial score (nSPS) is 14.7. The average Bonchev–Trinajstić information content (AvgIpc) is 3.07. The third-order valence-electron chi connectivity index (χ3n) is 4.87. The predicted octanol–water partition coefficient (Wildman–Crippen LogP) is 3.81. The van der Waals surface area contributed by atoms with E-state index in [1.807, 2.05) is 30.3 Å². The lowest BCUT2D eigenvalue weighted by molar-refractivity contribution is -0.123. The Bertz CT molecular complexity index is 1020. The van der Waals surface area contributed by atoms with Gasteiger partial charge in [0.2, 0.25) is 5.91 Å². The van der Waals surface area contributed by atoms with Gasteiger partial charge in [0.05, 0.1) is 17.6 Å². The number of amides is 2. The zero-order valence-electron chi connectivity index (χ0n) is 17.7. The molecule has 0 unspecified atom stereocenters. The predicted molar refractivity (Wildman–Crippen MR) is 130 cm³/mol. The van der Waals surface area contributed by atoms with E-state index >= 15 is 0 Å². The zero-order valence-corrected chi connectivity index (χ0v) is 19.3. The van der Waals surface area contributed by atoms with Crippen molar-refractivity contribution < 1.29 is 19.1 Å². The molecular weight excluding hydrogens is 444 g/mol. The molecule has 1 fully saturated rings. The fourth-order valence-corrected chi connectivity index (χ4v) is 4.46. The number of thioether (sulfide) groups is 1. The summed E-state index contributed by atoms with van der Waals surface area (Å²) in [6, 6.07) is 16.8. The van der Waals surface area contributed by atoms with E-state index in [0.717, 1.165) is 12.0 Å². The smallest absolute Gasteiger partial charge is 0.337 e. The second-order valence-corrected chi connectivity index (χ2v) is 8.81. The summed E-state index contributed by atoms with van der Waals surface area (Å²) in [5, 5.41) is 2.91. The summed E-state index contributed by atoms with van der Waals surface area (Å²) < 4.78 is 5.17. The molecule has 3 rings (SSSR count). The molecule has 0 radical (unpaired) electrons. The molecule has 8 heteroatoms. The molecule has 2 aromatic carbocycles. The second-order valence-electron chi connectivity index (χ2n) is 7.14. The van der Waals surface area contributed by atoms with Gasteiger partial charge in [-0.05, 0) is 42.2 Å². The minimum Gasteiger partial charge on any atom is -0.465 e. The lowest BCUT2D eigenvalue weighted by Gasteiger charge is -2.14. The van der Waals surface area contributed by atoms with Gasteiger partial charge in [-0.2, -0.15) is 0 Å². The van der Waals surface area contributed by atoms with Crippen LogP contribution in [0.1, 0.15) is 34.3 Å². The molecule has 6 nitrogen and oxygen atoms in total.